The number of hydrogen-bond donors (Lipinski definition) is 2. The van der Waals surface area contributed by atoms with Crippen molar-refractivity contribution in [3.8, 4) is 11.5 Å². The van der Waals surface area contributed by atoms with E-state index in [4.69, 9.17) is 14.6 Å². The molecule has 0 amide bonds. The van der Waals surface area contributed by atoms with Crippen LogP contribution in [0.1, 0.15) is 6.92 Å². The van der Waals surface area contributed by atoms with Crippen LogP contribution in [0.2, 0.25) is 0 Å². The Morgan fingerprint density at radius 1 is 1.37 bits per heavy atom. The zero-order chi connectivity index (χ0) is 14.6. The third-order valence-corrected chi connectivity index (χ3v) is 2.44. The first-order valence-corrected chi connectivity index (χ1v) is 5.30. The van der Waals surface area contributed by atoms with Crippen molar-refractivity contribution in [1.29, 1.82) is 0 Å². The number of nitrogens with one attached hydrogen (secondary N) is 1. The highest BCUT2D eigenvalue weighted by Crippen LogP contribution is 2.37. The van der Waals surface area contributed by atoms with Crippen molar-refractivity contribution in [2.24, 2.45) is 0 Å². The number of nitrogens with zero attached hydrogens (tertiary/aromatic N) is 1. The number of carbonyl (C=O) groups is 1. The molecule has 0 saturated heterocycles. The van der Waals surface area contributed by atoms with Crippen LogP contribution >= 0.6 is 0 Å². The average molecular weight is 270 g/mol. The molecule has 1 rings (SSSR count). The molecule has 1 unspecified atom stereocenters. The molecule has 0 spiro atoms. The highest BCUT2D eigenvalue weighted by molar-refractivity contribution is 5.79. The van der Waals surface area contributed by atoms with Crippen molar-refractivity contribution in [1.82, 2.24) is 0 Å². The second kappa shape index (κ2) is 5.89. The van der Waals surface area contributed by atoms with Gasteiger partial charge in [-0.2, -0.15) is 0 Å². The van der Waals surface area contributed by atoms with E-state index < -0.39 is 16.9 Å². The number of nitro benzene ring substituents is 1. The van der Waals surface area contributed by atoms with Gasteiger partial charge in [-0.25, -0.2) is 0 Å². The van der Waals surface area contributed by atoms with E-state index >= 15 is 0 Å². The van der Waals surface area contributed by atoms with Gasteiger partial charge in [0.1, 0.15) is 11.7 Å². The van der Waals surface area contributed by atoms with E-state index in [2.05, 4.69) is 5.32 Å². The first-order chi connectivity index (χ1) is 8.90. The van der Waals surface area contributed by atoms with Crippen LogP contribution < -0.4 is 14.8 Å². The lowest BCUT2D eigenvalue weighted by Crippen LogP contribution is -2.25. The van der Waals surface area contributed by atoms with E-state index in [-0.39, 0.29) is 22.9 Å². The first-order valence-electron chi connectivity index (χ1n) is 5.30. The van der Waals surface area contributed by atoms with E-state index in [1.54, 1.807) is 0 Å². The van der Waals surface area contributed by atoms with Gasteiger partial charge in [-0.05, 0) is 6.92 Å². The first kappa shape index (κ1) is 14.6. The predicted molar refractivity (Wildman–Crippen MR) is 66.9 cm³/mol. The van der Waals surface area contributed by atoms with Gasteiger partial charge in [-0.1, -0.05) is 0 Å². The topological polar surface area (TPSA) is 111 Å². The molecule has 0 aliphatic carbocycles. The second-order valence-corrected chi connectivity index (χ2v) is 3.69. The molecule has 0 aliphatic rings. The number of carboxylic acid groups (broad SMARTS) is 1. The Morgan fingerprint density at radius 3 is 2.32 bits per heavy atom. The average Bonchev–Trinajstić information content (AvgIpc) is 2.37. The summed E-state index contributed by atoms with van der Waals surface area (Å²) in [6.45, 7) is 1.38. The molecule has 8 nitrogen and oxygen atoms in total. The smallest absolute Gasteiger partial charge is 0.325 e. The fourth-order valence-corrected chi connectivity index (χ4v) is 1.43. The molecular weight excluding hydrogens is 256 g/mol. The van der Waals surface area contributed by atoms with Gasteiger partial charge in [0.05, 0.1) is 25.2 Å². The minimum atomic E-state index is -1.12. The van der Waals surface area contributed by atoms with Crippen LogP contribution in [0.25, 0.3) is 0 Å². The summed E-state index contributed by atoms with van der Waals surface area (Å²) in [5.74, 6) is -0.653. The molecule has 1 aromatic carbocycles. The Bertz CT molecular complexity index is 502. The normalized spacial score (nSPS) is 11.5. The quantitative estimate of drug-likeness (QED) is 0.595. The van der Waals surface area contributed by atoms with E-state index in [9.17, 15) is 14.9 Å². The van der Waals surface area contributed by atoms with Gasteiger partial charge in [0, 0.05) is 6.07 Å². The highest BCUT2D eigenvalue weighted by Gasteiger charge is 2.22. The monoisotopic (exact) mass is 270 g/mol. The van der Waals surface area contributed by atoms with Gasteiger partial charge < -0.3 is 19.9 Å². The van der Waals surface area contributed by atoms with Gasteiger partial charge in [-0.3, -0.25) is 14.9 Å². The minimum absolute atomic E-state index is 0.0533. The Labute approximate surface area is 109 Å². The lowest BCUT2D eigenvalue weighted by atomic mass is 10.2. The Morgan fingerprint density at radius 2 is 1.89 bits per heavy atom. The molecule has 0 saturated carbocycles. The summed E-state index contributed by atoms with van der Waals surface area (Å²) < 4.78 is 9.98. The predicted octanol–water partition coefficient (Wildman–Crippen LogP) is 1.50. The molecule has 19 heavy (non-hydrogen) atoms. The molecule has 0 aromatic heterocycles. The maximum atomic E-state index is 11.0. The number of methoxy groups -OCH3 is 2. The summed E-state index contributed by atoms with van der Waals surface area (Å²) in [4.78, 5) is 21.1. The summed E-state index contributed by atoms with van der Waals surface area (Å²) in [5, 5.41) is 22.3. The van der Waals surface area contributed by atoms with Crippen LogP contribution in [0.15, 0.2) is 12.1 Å². The molecule has 2 N–H and O–H groups in total. The molecular formula is C11H14N2O6. The van der Waals surface area contributed by atoms with E-state index in [0.29, 0.717) is 0 Å². The van der Waals surface area contributed by atoms with Crippen molar-refractivity contribution in [2.75, 3.05) is 19.5 Å². The third kappa shape index (κ3) is 3.24. The summed E-state index contributed by atoms with van der Waals surface area (Å²) >= 11 is 0. The molecule has 8 heteroatoms. The fourth-order valence-electron chi connectivity index (χ4n) is 1.43. The van der Waals surface area contributed by atoms with E-state index in [1.165, 1.54) is 33.3 Å². The van der Waals surface area contributed by atoms with Gasteiger partial charge in [0.2, 0.25) is 0 Å². The summed E-state index contributed by atoms with van der Waals surface area (Å²) in [6.07, 6.45) is 0. The van der Waals surface area contributed by atoms with Crippen LogP contribution in [0, 0.1) is 10.1 Å². The Balaban J connectivity index is 3.27. The van der Waals surface area contributed by atoms with E-state index in [0.717, 1.165) is 0 Å². The van der Waals surface area contributed by atoms with Gasteiger partial charge in [0.25, 0.3) is 5.69 Å². The van der Waals surface area contributed by atoms with Crippen LogP contribution in [0.3, 0.4) is 0 Å². The molecule has 1 aromatic rings. The maximum Gasteiger partial charge on any atom is 0.325 e. The number of nitro groups is 1. The molecule has 0 fully saturated rings. The second-order valence-electron chi connectivity index (χ2n) is 3.69. The SMILES string of the molecule is COc1cc(NC(C)C(=O)O)c([N+](=O)[O-])cc1OC. The van der Waals surface area contributed by atoms with Crippen molar-refractivity contribution in [3.63, 3.8) is 0 Å². The highest BCUT2D eigenvalue weighted by atomic mass is 16.6. The number of aliphatic carboxylic acids is 1. The van der Waals surface area contributed by atoms with Gasteiger partial charge >= 0.3 is 5.97 Å². The molecule has 0 radical (unpaired) electrons. The van der Waals surface area contributed by atoms with Crippen molar-refractivity contribution >= 4 is 17.3 Å². The van der Waals surface area contributed by atoms with Crippen LogP contribution in [-0.4, -0.2) is 36.3 Å². The van der Waals surface area contributed by atoms with Crippen LogP contribution in [-0.2, 0) is 4.79 Å². The van der Waals surface area contributed by atoms with Crippen molar-refractivity contribution in [2.45, 2.75) is 13.0 Å². The summed E-state index contributed by atoms with van der Waals surface area (Å²) in [7, 11) is 2.74. The summed E-state index contributed by atoms with van der Waals surface area (Å²) in [6, 6.07) is 1.53. The lowest BCUT2D eigenvalue weighted by molar-refractivity contribution is -0.384. The number of ether oxygens (including phenoxy) is 2. The third-order valence-electron chi connectivity index (χ3n) is 2.44. The molecule has 0 heterocycles. The molecule has 0 bridgehead atoms. The largest absolute Gasteiger partial charge is 0.493 e. The molecule has 1 atom stereocenters. The molecule has 104 valence electrons. The maximum absolute atomic E-state index is 11.0. The number of hydrogen-bond acceptors (Lipinski definition) is 6. The number of rotatable bonds is 6. The van der Waals surface area contributed by atoms with Crippen LogP contribution in [0.5, 0.6) is 11.5 Å². The zero-order valence-corrected chi connectivity index (χ0v) is 10.7. The zero-order valence-electron chi connectivity index (χ0n) is 10.7. The van der Waals surface area contributed by atoms with Gasteiger partial charge in [-0.15, -0.1) is 0 Å². The van der Waals surface area contributed by atoms with Gasteiger partial charge in [0.15, 0.2) is 11.5 Å². The minimum Gasteiger partial charge on any atom is -0.493 e. The standard InChI is InChI=1S/C11H14N2O6/c1-6(11(14)15)12-7-4-9(18-2)10(19-3)5-8(7)13(16)17/h4-6,12H,1-3H3,(H,14,15). The number of carboxylic acids is 1. The summed E-state index contributed by atoms with van der Waals surface area (Å²) in [5.41, 5.74) is -0.233. The Hall–Kier alpha value is -2.51. The fraction of sp³-hybridized carbons (Fsp3) is 0.364. The van der Waals surface area contributed by atoms with Crippen molar-refractivity contribution in [3.05, 3.63) is 22.2 Å². The Kier molecular flexibility index (Phi) is 4.51. The number of benzene rings is 1. The lowest BCUT2D eigenvalue weighted by Gasteiger charge is -2.14. The van der Waals surface area contributed by atoms with E-state index in [1.807, 2.05) is 0 Å². The number of anilines is 1. The van der Waals surface area contributed by atoms with Crippen molar-refractivity contribution < 1.29 is 24.3 Å². The van der Waals surface area contributed by atoms with Crippen LogP contribution in [0.4, 0.5) is 11.4 Å². The molecule has 0 aliphatic heterocycles.